The van der Waals surface area contributed by atoms with Crippen LogP contribution in [0.1, 0.15) is 62.6 Å². The number of hydrogen-bond donors (Lipinski definition) is 2. The third-order valence-corrected chi connectivity index (χ3v) is 6.62. The Bertz CT molecular complexity index is 571. The van der Waals surface area contributed by atoms with Crippen molar-refractivity contribution < 1.29 is 4.79 Å². The lowest BCUT2D eigenvalue weighted by atomic mass is 9.53. The standard InChI is InChI=1S/C21H30N2O/c1-14-3-5-19(6-4-14)15(2)23-20(24)13-22-21-10-16-7-17(11-21)9-18(8-16)12-21/h3-6,15-18,22H,7-13H2,1-2H3,(H,23,24). The number of rotatable bonds is 5. The first kappa shape index (κ1) is 16.1. The Morgan fingerprint density at radius 2 is 1.62 bits per heavy atom. The van der Waals surface area contributed by atoms with Gasteiger partial charge in [0.25, 0.3) is 0 Å². The van der Waals surface area contributed by atoms with Crippen molar-refractivity contribution in [3.8, 4) is 0 Å². The summed E-state index contributed by atoms with van der Waals surface area (Å²) in [5, 5.41) is 6.83. The monoisotopic (exact) mass is 326 g/mol. The van der Waals surface area contributed by atoms with Crippen molar-refractivity contribution in [3.05, 3.63) is 35.4 Å². The molecule has 1 aromatic rings. The maximum absolute atomic E-state index is 12.4. The van der Waals surface area contributed by atoms with Crippen molar-refractivity contribution in [3.63, 3.8) is 0 Å². The molecule has 3 nitrogen and oxygen atoms in total. The first-order valence-electron chi connectivity index (χ1n) is 9.62. The Morgan fingerprint density at radius 3 is 2.17 bits per heavy atom. The molecule has 0 heterocycles. The van der Waals surface area contributed by atoms with Gasteiger partial charge in [-0.25, -0.2) is 0 Å². The Balaban J connectivity index is 1.31. The third kappa shape index (κ3) is 3.23. The molecule has 4 saturated carbocycles. The van der Waals surface area contributed by atoms with Crippen molar-refractivity contribution in [1.29, 1.82) is 0 Å². The molecule has 2 N–H and O–H groups in total. The molecule has 4 aliphatic carbocycles. The molecule has 24 heavy (non-hydrogen) atoms. The van der Waals surface area contributed by atoms with Gasteiger partial charge in [-0.1, -0.05) is 29.8 Å². The Labute approximate surface area is 145 Å². The van der Waals surface area contributed by atoms with Crippen molar-refractivity contribution in [2.45, 2.75) is 64.0 Å². The molecule has 1 aromatic carbocycles. The van der Waals surface area contributed by atoms with Gasteiger partial charge in [-0.2, -0.15) is 0 Å². The lowest BCUT2D eigenvalue weighted by Crippen LogP contribution is -2.59. The normalized spacial score (nSPS) is 35.0. The predicted molar refractivity (Wildman–Crippen MR) is 96.6 cm³/mol. The van der Waals surface area contributed by atoms with Crippen LogP contribution >= 0.6 is 0 Å². The lowest BCUT2D eigenvalue weighted by Gasteiger charge is -2.57. The maximum Gasteiger partial charge on any atom is 0.234 e. The van der Waals surface area contributed by atoms with Crippen molar-refractivity contribution in [2.24, 2.45) is 17.8 Å². The molecule has 130 valence electrons. The molecule has 5 rings (SSSR count). The summed E-state index contributed by atoms with van der Waals surface area (Å²) in [5.74, 6) is 2.87. The Hall–Kier alpha value is -1.35. The fraction of sp³-hybridized carbons (Fsp3) is 0.667. The van der Waals surface area contributed by atoms with Gasteiger partial charge in [0.1, 0.15) is 0 Å². The number of carbonyl (C=O) groups excluding carboxylic acids is 1. The Morgan fingerprint density at radius 1 is 1.08 bits per heavy atom. The first-order valence-corrected chi connectivity index (χ1v) is 9.62. The molecule has 4 aliphatic rings. The van der Waals surface area contributed by atoms with Gasteiger partial charge in [0, 0.05) is 5.54 Å². The molecule has 4 fully saturated rings. The number of hydrogen-bond acceptors (Lipinski definition) is 2. The van der Waals surface area contributed by atoms with E-state index >= 15 is 0 Å². The van der Waals surface area contributed by atoms with Crippen molar-refractivity contribution in [2.75, 3.05) is 6.54 Å². The number of benzene rings is 1. The second-order valence-electron chi connectivity index (χ2n) is 8.75. The minimum absolute atomic E-state index is 0.0660. The van der Waals surface area contributed by atoms with E-state index in [4.69, 9.17) is 0 Å². The van der Waals surface area contributed by atoms with Crippen LogP contribution in [0.2, 0.25) is 0 Å². The highest BCUT2D eigenvalue weighted by Gasteiger charge is 2.50. The van der Waals surface area contributed by atoms with Crippen LogP contribution in [0, 0.1) is 24.7 Å². The topological polar surface area (TPSA) is 41.1 Å². The van der Waals surface area contributed by atoms with Gasteiger partial charge in [-0.3, -0.25) is 4.79 Å². The summed E-state index contributed by atoms with van der Waals surface area (Å²) < 4.78 is 0. The molecule has 0 aromatic heterocycles. The number of amides is 1. The van der Waals surface area contributed by atoms with Crippen LogP contribution in [0.5, 0.6) is 0 Å². The van der Waals surface area contributed by atoms with Gasteiger partial charge in [-0.05, 0) is 75.7 Å². The molecular formula is C21H30N2O. The average Bonchev–Trinajstić information content (AvgIpc) is 2.52. The van der Waals surface area contributed by atoms with Crippen LogP contribution in [0.25, 0.3) is 0 Å². The zero-order chi connectivity index (χ0) is 16.7. The van der Waals surface area contributed by atoms with Gasteiger partial charge < -0.3 is 10.6 Å². The largest absolute Gasteiger partial charge is 0.348 e. The lowest BCUT2D eigenvalue weighted by molar-refractivity contribution is -0.122. The van der Waals surface area contributed by atoms with E-state index in [1.54, 1.807) is 0 Å². The van der Waals surface area contributed by atoms with Crippen LogP contribution < -0.4 is 10.6 Å². The van der Waals surface area contributed by atoms with E-state index in [-0.39, 0.29) is 17.5 Å². The molecular weight excluding hydrogens is 296 g/mol. The fourth-order valence-corrected chi connectivity index (χ4v) is 5.83. The summed E-state index contributed by atoms with van der Waals surface area (Å²) in [5.41, 5.74) is 2.68. The van der Waals surface area contributed by atoms with E-state index < -0.39 is 0 Å². The quantitative estimate of drug-likeness (QED) is 0.865. The van der Waals surface area contributed by atoms with Crippen molar-refractivity contribution >= 4 is 5.91 Å². The van der Waals surface area contributed by atoms with Crippen molar-refractivity contribution in [1.82, 2.24) is 10.6 Å². The number of nitrogens with one attached hydrogen (secondary N) is 2. The van der Waals surface area contributed by atoms with Gasteiger partial charge in [0.15, 0.2) is 0 Å². The highest BCUT2D eigenvalue weighted by atomic mass is 16.2. The van der Waals surface area contributed by atoms with E-state index in [0.29, 0.717) is 6.54 Å². The average molecular weight is 326 g/mol. The summed E-state index contributed by atoms with van der Waals surface area (Å²) in [6.07, 6.45) is 8.20. The second-order valence-corrected chi connectivity index (χ2v) is 8.75. The summed E-state index contributed by atoms with van der Waals surface area (Å²) in [6.45, 7) is 4.61. The van der Waals surface area contributed by atoms with E-state index in [2.05, 4.69) is 48.7 Å². The van der Waals surface area contributed by atoms with Crippen LogP contribution in [0.3, 0.4) is 0 Å². The zero-order valence-corrected chi connectivity index (χ0v) is 15.0. The van der Waals surface area contributed by atoms with E-state index in [1.807, 2.05) is 0 Å². The molecule has 1 atom stereocenters. The smallest absolute Gasteiger partial charge is 0.234 e. The number of aryl methyl sites for hydroxylation is 1. The molecule has 0 radical (unpaired) electrons. The SMILES string of the molecule is Cc1ccc(C(C)NC(=O)CNC23CC4CC(CC(C4)C2)C3)cc1. The minimum atomic E-state index is 0.0660. The molecule has 0 spiro atoms. The van der Waals surface area contributed by atoms with E-state index in [0.717, 1.165) is 17.8 Å². The summed E-state index contributed by atoms with van der Waals surface area (Å²) in [7, 11) is 0. The predicted octanol–water partition coefficient (Wildman–Crippen LogP) is 3.73. The van der Waals surface area contributed by atoms with E-state index in [1.165, 1.54) is 49.7 Å². The minimum Gasteiger partial charge on any atom is -0.348 e. The Kier molecular flexibility index (Phi) is 4.16. The summed E-state index contributed by atoms with van der Waals surface area (Å²) in [4.78, 5) is 12.4. The summed E-state index contributed by atoms with van der Waals surface area (Å²) >= 11 is 0. The maximum atomic E-state index is 12.4. The first-order chi connectivity index (χ1) is 11.5. The van der Waals surface area contributed by atoms with Crippen LogP contribution in [-0.4, -0.2) is 18.0 Å². The van der Waals surface area contributed by atoms with Gasteiger partial charge in [0.2, 0.25) is 5.91 Å². The molecule has 0 aliphatic heterocycles. The van der Waals surface area contributed by atoms with Gasteiger partial charge in [-0.15, -0.1) is 0 Å². The molecule has 1 unspecified atom stereocenters. The third-order valence-electron chi connectivity index (χ3n) is 6.62. The van der Waals surface area contributed by atoms with E-state index in [9.17, 15) is 4.79 Å². The zero-order valence-electron chi connectivity index (χ0n) is 15.0. The highest BCUT2D eigenvalue weighted by Crippen LogP contribution is 2.55. The number of carbonyl (C=O) groups is 1. The second kappa shape index (κ2) is 6.18. The molecule has 1 amide bonds. The van der Waals surface area contributed by atoms with Crippen LogP contribution in [0.15, 0.2) is 24.3 Å². The molecule has 4 bridgehead atoms. The highest BCUT2D eigenvalue weighted by molar-refractivity contribution is 5.78. The van der Waals surface area contributed by atoms with Gasteiger partial charge >= 0.3 is 0 Å². The summed E-state index contributed by atoms with van der Waals surface area (Å²) in [6, 6.07) is 8.48. The molecule has 0 saturated heterocycles. The van der Waals surface area contributed by atoms with Crippen LogP contribution in [-0.2, 0) is 4.79 Å². The van der Waals surface area contributed by atoms with Crippen LogP contribution in [0.4, 0.5) is 0 Å². The fourth-order valence-electron chi connectivity index (χ4n) is 5.83. The molecule has 3 heteroatoms. The van der Waals surface area contributed by atoms with Gasteiger partial charge in [0.05, 0.1) is 12.6 Å².